The van der Waals surface area contributed by atoms with Gasteiger partial charge < -0.3 is 15.3 Å². The van der Waals surface area contributed by atoms with Crippen LogP contribution >= 0.6 is 0 Å². The van der Waals surface area contributed by atoms with E-state index in [1.165, 1.54) is 6.20 Å². The average Bonchev–Trinajstić information content (AvgIpc) is 2.55. The molecule has 2 rings (SSSR count). The van der Waals surface area contributed by atoms with Gasteiger partial charge in [0.25, 0.3) is 0 Å². The molecule has 0 aliphatic carbocycles. The number of hydrazine groups is 1. The van der Waals surface area contributed by atoms with Gasteiger partial charge in [-0.2, -0.15) is 0 Å². The first-order valence-corrected chi connectivity index (χ1v) is 7.24. The Morgan fingerprint density at radius 3 is 2.48 bits per heavy atom. The molecule has 9 nitrogen and oxygen atoms in total. The van der Waals surface area contributed by atoms with Crippen molar-refractivity contribution in [3.05, 3.63) is 18.3 Å². The molecule has 0 saturated carbocycles. The highest BCUT2D eigenvalue weighted by molar-refractivity contribution is 6.39. The molecule has 0 bridgehead atoms. The number of nitrogens with one attached hydrogen (secondary N) is 2. The summed E-state index contributed by atoms with van der Waals surface area (Å²) in [6, 6.07) is 3.39. The normalized spacial score (nSPS) is 15.1. The average molecular weight is 321 g/mol. The Labute approximate surface area is 132 Å². The van der Waals surface area contributed by atoms with Gasteiger partial charge in [-0.3, -0.25) is 19.8 Å². The van der Waals surface area contributed by atoms with Gasteiger partial charge in [0.05, 0.1) is 11.9 Å². The van der Waals surface area contributed by atoms with E-state index in [-0.39, 0.29) is 12.3 Å². The lowest BCUT2D eigenvalue weighted by Gasteiger charge is -2.32. The molecule has 1 aromatic heterocycles. The van der Waals surface area contributed by atoms with Crippen LogP contribution in [0.4, 0.5) is 11.5 Å². The van der Waals surface area contributed by atoms with Crippen LogP contribution in [0.1, 0.15) is 19.3 Å². The summed E-state index contributed by atoms with van der Waals surface area (Å²) >= 11 is 0. The van der Waals surface area contributed by atoms with Gasteiger partial charge >= 0.3 is 17.8 Å². The van der Waals surface area contributed by atoms with Crippen LogP contribution in [-0.2, 0) is 14.4 Å². The van der Waals surface area contributed by atoms with Crippen molar-refractivity contribution in [1.82, 2.24) is 10.4 Å². The van der Waals surface area contributed by atoms with Gasteiger partial charge in [0.2, 0.25) is 0 Å². The van der Waals surface area contributed by atoms with Gasteiger partial charge in [0.15, 0.2) is 0 Å². The minimum Gasteiger partial charge on any atom is -0.481 e. The maximum atomic E-state index is 11.4. The zero-order valence-corrected chi connectivity index (χ0v) is 12.5. The Morgan fingerprint density at radius 2 is 1.96 bits per heavy atom. The van der Waals surface area contributed by atoms with E-state index in [0.29, 0.717) is 5.69 Å². The molecule has 0 spiro atoms. The molecular weight excluding hydrogens is 302 g/mol. The zero-order chi connectivity index (χ0) is 16.8. The molecule has 2 heterocycles. The SMILES string of the molecule is NNC(=O)C(=O)Nc1ccc(N2CCC(CC(=O)O)CC2)nc1. The summed E-state index contributed by atoms with van der Waals surface area (Å²) in [4.78, 5) is 39.4. The predicted molar refractivity (Wildman–Crippen MR) is 82.4 cm³/mol. The zero-order valence-electron chi connectivity index (χ0n) is 12.5. The lowest BCUT2D eigenvalue weighted by Crippen LogP contribution is -2.39. The smallest absolute Gasteiger partial charge is 0.323 e. The number of carboxylic acid groups (broad SMARTS) is 1. The fourth-order valence-electron chi connectivity index (χ4n) is 2.51. The molecule has 124 valence electrons. The van der Waals surface area contributed by atoms with Crippen LogP contribution in [0.15, 0.2) is 18.3 Å². The van der Waals surface area contributed by atoms with Crippen molar-refractivity contribution in [3.63, 3.8) is 0 Å². The van der Waals surface area contributed by atoms with Gasteiger partial charge in [0.1, 0.15) is 5.82 Å². The fraction of sp³-hybridized carbons (Fsp3) is 0.429. The molecule has 0 unspecified atom stereocenters. The third-order valence-electron chi connectivity index (χ3n) is 3.74. The summed E-state index contributed by atoms with van der Waals surface area (Å²) in [5.41, 5.74) is 2.14. The molecular formula is C14H19N5O4. The van der Waals surface area contributed by atoms with E-state index in [0.717, 1.165) is 31.7 Å². The van der Waals surface area contributed by atoms with E-state index >= 15 is 0 Å². The van der Waals surface area contributed by atoms with Gasteiger partial charge in [-0.1, -0.05) is 0 Å². The standard InChI is InChI=1S/C14H19N5O4/c15-18-14(23)13(22)17-10-1-2-11(16-8-10)19-5-3-9(4-6-19)7-12(20)21/h1-2,8-9H,3-7,15H2,(H,17,22)(H,18,23)(H,20,21). The van der Waals surface area contributed by atoms with Crippen molar-refractivity contribution in [3.8, 4) is 0 Å². The molecule has 1 aliphatic rings. The van der Waals surface area contributed by atoms with E-state index in [2.05, 4.69) is 15.2 Å². The number of hydrogen-bond acceptors (Lipinski definition) is 6. The topological polar surface area (TPSA) is 138 Å². The van der Waals surface area contributed by atoms with E-state index < -0.39 is 17.8 Å². The Balaban J connectivity index is 1.89. The van der Waals surface area contributed by atoms with Crippen LogP contribution in [0.3, 0.4) is 0 Å². The largest absolute Gasteiger partial charge is 0.481 e. The van der Waals surface area contributed by atoms with E-state index in [1.54, 1.807) is 17.6 Å². The fourth-order valence-corrected chi connectivity index (χ4v) is 2.51. The second kappa shape index (κ2) is 7.54. The van der Waals surface area contributed by atoms with Gasteiger partial charge in [-0.05, 0) is 30.9 Å². The first kappa shape index (κ1) is 16.7. The Kier molecular flexibility index (Phi) is 5.47. The number of aliphatic carboxylic acids is 1. The third kappa shape index (κ3) is 4.65. The molecule has 0 atom stereocenters. The summed E-state index contributed by atoms with van der Waals surface area (Å²) in [5, 5.41) is 11.2. The van der Waals surface area contributed by atoms with Crippen LogP contribution < -0.4 is 21.5 Å². The molecule has 23 heavy (non-hydrogen) atoms. The Hall–Kier alpha value is -2.68. The highest BCUT2D eigenvalue weighted by Crippen LogP contribution is 2.24. The molecule has 0 radical (unpaired) electrons. The monoisotopic (exact) mass is 321 g/mol. The number of amides is 2. The second-order valence-electron chi connectivity index (χ2n) is 5.36. The summed E-state index contributed by atoms with van der Waals surface area (Å²) in [6.07, 6.45) is 3.28. The van der Waals surface area contributed by atoms with Gasteiger partial charge in [0, 0.05) is 19.5 Å². The van der Waals surface area contributed by atoms with Crippen LogP contribution in [-0.4, -0.2) is 41.0 Å². The van der Waals surface area contributed by atoms with Crippen LogP contribution in [0.2, 0.25) is 0 Å². The van der Waals surface area contributed by atoms with Crippen molar-refractivity contribution in [2.45, 2.75) is 19.3 Å². The molecule has 0 aromatic carbocycles. The van der Waals surface area contributed by atoms with Crippen molar-refractivity contribution >= 4 is 29.3 Å². The van der Waals surface area contributed by atoms with Gasteiger partial charge in [-0.15, -0.1) is 0 Å². The number of rotatable bonds is 4. The Bertz CT molecular complexity index is 581. The Morgan fingerprint density at radius 1 is 1.26 bits per heavy atom. The molecule has 1 fully saturated rings. The molecule has 1 saturated heterocycles. The number of anilines is 2. The molecule has 1 aromatic rings. The predicted octanol–water partition coefficient (Wildman–Crippen LogP) is -0.299. The second-order valence-corrected chi connectivity index (χ2v) is 5.36. The minimum absolute atomic E-state index is 0.204. The van der Waals surface area contributed by atoms with E-state index in [4.69, 9.17) is 10.9 Å². The third-order valence-corrected chi connectivity index (χ3v) is 3.74. The number of hydrogen-bond donors (Lipinski definition) is 4. The number of nitrogens with two attached hydrogens (primary N) is 1. The lowest BCUT2D eigenvalue weighted by molar-refractivity contribution is -0.138. The summed E-state index contributed by atoms with van der Waals surface area (Å²) in [5.74, 6) is 3.26. The number of carbonyl (C=O) groups is 3. The first-order valence-electron chi connectivity index (χ1n) is 7.24. The highest BCUT2D eigenvalue weighted by Gasteiger charge is 2.22. The maximum absolute atomic E-state index is 11.4. The summed E-state index contributed by atoms with van der Waals surface area (Å²) in [7, 11) is 0. The molecule has 5 N–H and O–H groups in total. The number of pyridine rings is 1. The molecule has 9 heteroatoms. The van der Waals surface area contributed by atoms with E-state index in [9.17, 15) is 14.4 Å². The van der Waals surface area contributed by atoms with Crippen molar-refractivity contribution < 1.29 is 19.5 Å². The lowest BCUT2D eigenvalue weighted by atomic mass is 9.94. The number of aromatic nitrogens is 1. The van der Waals surface area contributed by atoms with Gasteiger partial charge in [-0.25, -0.2) is 10.8 Å². The highest BCUT2D eigenvalue weighted by atomic mass is 16.4. The first-order chi connectivity index (χ1) is 11.0. The number of nitrogens with zero attached hydrogens (tertiary/aromatic N) is 2. The maximum Gasteiger partial charge on any atom is 0.323 e. The summed E-state index contributed by atoms with van der Waals surface area (Å²) < 4.78 is 0. The number of piperidine rings is 1. The van der Waals surface area contributed by atoms with Crippen LogP contribution in [0, 0.1) is 5.92 Å². The van der Waals surface area contributed by atoms with Crippen molar-refractivity contribution in [2.75, 3.05) is 23.3 Å². The van der Waals surface area contributed by atoms with Crippen LogP contribution in [0.5, 0.6) is 0 Å². The van der Waals surface area contributed by atoms with E-state index in [1.807, 2.05) is 0 Å². The molecule has 1 aliphatic heterocycles. The summed E-state index contributed by atoms with van der Waals surface area (Å²) in [6.45, 7) is 1.48. The van der Waals surface area contributed by atoms with Crippen molar-refractivity contribution in [1.29, 1.82) is 0 Å². The minimum atomic E-state index is -0.936. The van der Waals surface area contributed by atoms with Crippen molar-refractivity contribution in [2.24, 2.45) is 11.8 Å². The quantitative estimate of drug-likeness (QED) is 0.258. The van der Waals surface area contributed by atoms with Crippen LogP contribution in [0.25, 0.3) is 0 Å². The number of carbonyl (C=O) groups excluding carboxylic acids is 2. The number of carboxylic acids is 1. The molecule has 2 amide bonds.